The van der Waals surface area contributed by atoms with E-state index in [-0.39, 0.29) is 0 Å². The molecule has 3 rings (SSSR count). The minimum Gasteiger partial charge on any atom is -0.492 e. The van der Waals surface area contributed by atoms with Gasteiger partial charge in [0.25, 0.3) is 0 Å². The quantitative estimate of drug-likeness (QED) is 0.760. The van der Waals surface area contributed by atoms with Gasteiger partial charge in [-0.15, -0.1) is 0 Å². The molecule has 0 bridgehead atoms. The first-order valence-electron chi connectivity index (χ1n) is 7.68. The zero-order chi connectivity index (χ0) is 15.5. The number of aryl methyl sites for hydroxylation is 2. The monoisotopic (exact) mass is 297 g/mol. The molecule has 2 aromatic rings. The standard InChI is InChI=1S/C18H23N3O/c1-12-3-8-18(13(2)9-12)22-11-16-10-17(21-20-16)14-4-6-15(19)7-5-14/h3-9,16-17,20-21H,10-11,19H2,1-2H3. The van der Waals surface area contributed by atoms with Crippen LogP contribution in [-0.2, 0) is 0 Å². The Labute approximate surface area is 131 Å². The van der Waals surface area contributed by atoms with Crippen LogP contribution in [0.5, 0.6) is 5.75 Å². The van der Waals surface area contributed by atoms with E-state index in [0.29, 0.717) is 18.7 Å². The normalized spacial score (nSPS) is 21.0. The van der Waals surface area contributed by atoms with Crippen molar-refractivity contribution >= 4 is 5.69 Å². The molecule has 1 saturated heterocycles. The van der Waals surface area contributed by atoms with Crippen LogP contribution < -0.4 is 21.3 Å². The molecule has 0 spiro atoms. The Morgan fingerprint density at radius 2 is 1.86 bits per heavy atom. The van der Waals surface area contributed by atoms with Crippen molar-refractivity contribution < 1.29 is 4.74 Å². The molecule has 2 aromatic carbocycles. The molecule has 1 aliphatic rings. The van der Waals surface area contributed by atoms with Gasteiger partial charge in [0.2, 0.25) is 0 Å². The first-order valence-corrected chi connectivity index (χ1v) is 7.68. The van der Waals surface area contributed by atoms with E-state index in [1.54, 1.807) is 0 Å². The highest BCUT2D eigenvalue weighted by atomic mass is 16.5. The molecule has 0 aliphatic carbocycles. The first-order chi connectivity index (χ1) is 10.6. The topological polar surface area (TPSA) is 59.3 Å². The number of hydrogen-bond donors (Lipinski definition) is 3. The molecule has 0 aromatic heterocycles. The van der Waals surface area contributed by atoms with Gasteiger partial charge >= 0.3 is 0 Å². The predicted molar refractivity (Wildman–Crippen MR) is 89.7 cm³/mol. The first kappa shape index (κ1) is 14.9. The molecule has 0 radical (unpaired) electrons. The molecule has 1 heterocycles. The van der Waals surface area contributed by atoms with Gasteiger partial charge in [-0.2, -0.15) is 0 Å². The van der Waals surface area contributed by atoms with Gasteiger partial charge in [-0.3, -0.25) is 5.43 Å². The molecule has 4 nitrogen and oxygen atoms in total. The van der Waals surface area contributed by atoms with Gasteiger partial charge in [0.15, 0.2) is 0 Å². The summed E-state index contributed by atoms with van der Waals surface area (Å²) in [5.41, 5.74) is 16.9. The number of rotatable bonds is 4. The fourth-order valence-electron chi connectivity index (χ4n) is 2.83. The lowest BCUT2D eigenvalue weighted by Gasteiger charge is -2.14. The second kappa shape index (κ2) is 6.38. The maximum Gasteiger partial charge on any atom is 0.122 e. The largest absolute Gasteiger partial charge is 0.492 e. The van der Waals surface area contributed by atoms with Crippen molar-refractivity contribution in [1.29, 1.82) is 0 Å². The van der Waals surface area contributed by atoms with Gasteiger partial charge in [-0.1, -0.05) is 29.8 Å². The van der Waals surface area contributed by atoms with Gasteiger partial charge < -0.3 is 10.5 Å². The van der Waals surface area contributed by atoms with Crippen molar-refractivity contribution in [2.24, 2.45) is 0 Å². The summed E-state index contributed by atoms with van der Waals surface area (Å²) in [5.74, 6) is 0.961. The predicted octanol–water partition coefficient (Wildman–Crippen LogP) is 2.87. The van der Waals surface area contributed by atoms with Crippen LogP contribution in [0.15, 0.2) is 42.5 Å². The highest BCUT2D eigenvalue weighted by molar-refractivity contribution is 5.40. The second-order valence-corrected chi connectivity index (χ2v) is 6.02. The third kappa shape index (κ3) is 3.40. The molecule has 4 heteroatoms. The Hall–Kier alpha value is -2.04. The Morgan fingerprint density at radius 1 is 1.09 bits per heavy atom. The molecule has 116 valence electrons. The highest BCUT2D eigenvalue weighted by Gasteiger charge is 2.25. The molecule has 2 atom stereocenters. The van der Waals surface area contributed by atoms with Gasteiger partial charge in [0.05, 0.1) is 6.04 Å². The average molecular weight is 297 g/mol. The van der Waals surface area contributed by atoms with E-state index in [1.165, 1.54) is 16.7 Å². The van der Waals surface area contributed by atoms with Crippen molar-refractivity contribution in [1.82, 2.24) is 10.9 Å². The van der Waals surface area contributed by atoms with Crippen LogP contribution in [0.25, 0.3) is 0 Å². The Kier molecular flexibility index (Phi) is 4.32. The summed E-state index contributed by atoms with van der Waals surface area (Å²) in [7, 11) is 0. The molecule has 2 unspecified atom stereocenters. The van der Waals surface area contributed by atoms with Crippen molar-refractivity contribution in [3.05, 3.63) is 59.2 Å². The van der Waals surface area contributed by atoms with Crippen molar-refractivity contribution in [3.8, 4) is 5.75 Å². The lowest BCUT2D eigenvalue weighted by atomic mass is 10.0. The van der Waals surface area contributed by atoms with E-state index in [9.17, 15) is 0 Å². The molecule has 0 saturated carbocycles. The van der Waals surface area contributed by atoms with Crippen LogP contribution in [-0.4, -0.2) is 12.6 Å². The number of anilines is 1. The van der Waals surface area contributed by atoms with Crippen LogP contribution in [0.3, 0.4) is 0 Å². The van der Waals surface area contributed by atoms with Crippen LogP contribution in [0.2, 0.25) is 0 Å². The number of ether oxygens (including phenoxy) is 1. The lowest BCUT2D eigenvalue weighted by molar-refractivity contribution is 0.271. The van der Waals surface area contributed by atoms with Gasteiger partial charge in [0.1, 0.15) is 12.4 Å². The van der Waals surface area contributed by atoms with Crippen LogP contribution >= 0.6 is 0 Å². The van der Waals surface area contributed by atoms with E-state index in [1.807, 2.05) is 18.2 Å². The molecule has 0 amide bonds. The molecule has 22 heavy (non-hydrogen) atoms. The van der Waals surface area contributed by atoms with Crippen LogP contribution in [0.1, 0.15) is 29.2 Å². The number of nitrogen functional groups attached to an aromatic ring is 1. The Morgan fingerprint density at radius 3 is 2.59 bits per heavy atom. The minimum atomic E-state index is 0.295. The third-order valence-corrected chi connectivity index (χ3v) is 4.09. The summed E-state index contributed by atoms with van der Waals surface area (Å²) in [4.78, 5) is 0. The third-order valence-electron chi connectivity index (χ3n) is 4.09. The fraction of sp³-hybridized carbons (Fsp3) is 0.333. The summed E-state index contributed by atoms with van der Waals surface area (Å²) in [6.45, 7) is 4.83. The summed E-state index contributed by atoms with van der Waals surface area (Å²) in [6.07, 6.45) is 0.995. The smallest absolute Gasteiger partial charge is 0.122 e. The molecule has 1 fully saturated rings. The van der Waals surface area contributed by atoms with Gasteiger partial charge in [0, 0.05) is 11.7 Å². The SMILES string of the molecule is Cc1ccc(OCC2CC(c3ccc(N)cc3)NN2)c(C)c1. The molecule has 1 aliphatic heterocycles. The Bertz CT molecular complexity index is 639. The minimum absolute atomic E-state index is 0.295. The summed E-state index contributed by atoms with van der Waals surface area (Å²) in [5, 5.41) is 0. The highest BCUT2D eigenvalue weighted by Crippen LogP contribution is 2.24. The van der Waals surface area contributed by atoms with E-state index < -0.39 is 0 Å². The maximum absolute atomic E-state index is 5.96. The van der Waals surface area contributed by atoms with Crippen molar-refractivity contribution in [2.75, 3.05) is 12.3 Å². The number of benzene rings is 2. The Balaban J connectivity index is 1.56. The van der Waals surface area contributed by atoms with Gasteiger partial charge in [-0.05, 0) is 49.6 Å². The molecular formula is C18H23N3O. The van der Waals surface area contributed by atoms with Gasteiger partial charge in [-0.25, -0.2) is 5.43 Å². The number of hydrazine groups is 1. The van der Waals surface area contributed by atoms with E-state index in [4.69, 9.17) is 10.5 Å². The van der Waals surface area contributed by atoms with E-state index in [2.05, 4.69) is 49.0 Å². The maximum atomic E-state index is 5.96. The van der Waals surface area contributed by atoms with E-state index >= 15 is 0 Å². The number of nitrogens with two attached hydrogens (primary N) is 1. The number of hydrogen-bond acceptors (Lipinski definition) is 4. The molecular weight excluding hydrogens is 274 g/mol. The van der Waals surface area contributed by atoms with E-state index in [0.717, 1.165) is 17.9 Å². The fourth-order valence-corrected chi connectivity index (χ4v) is 2.83. The summed E-state index contributed by atoms with van der Waals surface area (Å²) < 4.78 is 5.96. The lowest BCUT2D eigenvalue weighted by Crippen LogP contribution is -2.34. The van der Waals surface area contributed by atoms with Crippen LogP contribution in [0, 0.1) is 13.8 Å². The number of nitrogens with one attached hydrogen (secondary N) is 2. The average Bonchev–Trinajstić information content (AvgIpc) is 2.96. The molecule has 4 N–H and O–H groups in total. The van der Waals surface area contributed by atoms with Crippen molar-refractivity contribution in [3.63, 3.8) is 0 Å². The van der Waals surface area contributed by atoms with Crippen LogP contribution in [0.4, 0.5) is 5.69 Å². The zero-order valence-corrected chi connectivity index (χ0v) is 13.1. The summed E-state index contributed by atoms with van der Waals surface area (Å²) in [6, 6.07) is 14.9. The second-order valence-electron chi connectivity index (χ2n) is 6.02. The van der Waals surface area contributed by atoms with Crippen molar-refractivity contribution in [2.45, 2.75) is 32.4 Å². The summed E-state index contributed by atoms with van der Waals surface area (Å²) >= 11 is 0. The zero-order valence-electron chi connectivity index (χ0n) is 13.1.